The lowest BCUT2D eigenvalue weighted by Crippen LogP contribution is -2.25. The lowest BCUT2D eigenvalue weighted by molar-refractivity contribution is 0.252. The summed E-state index contributed by atoms with van der Waals surface area (Å²) in [5, 5.41) is 0. The molecule has 17 heavy (non-hydrogen) atoms. The fourth-order valence-corrected chi connectivity index (χ4v) is 2.76. The van der Waals surface area contributed by atoms with E-state index in [2.05, 4.69) is 16.8 Å². The van der Waals surface area contributed by atoms with Crippen LogP contribution in [0.25, 0.3) is 0 Å². The number of nitrogens with zero attached hydrogens (tertiary/aromatic N) is 1. The van der Waals surface area contributed by atoms with Gasteiger partial charge in [-0.3, -0.25) is 9.69 Å². The van der Waals surface area contributed by atoms with E-state index in [4.69, 9.17) is 0 Å². The summed E-state index contributed by atoms with van der Waals surface area (Å²) >= 11 is 0. The van der Waals surface area contributed by atoms with E-state index in [1.165, 1.54) is 44.3 Å². The topological polar surface area (TPSA) is 36.1 Å². The number of nitrogens with one attached hydrogen (secondary N) is 1. The SMILES string of the molecule is CCCCN1CCC[C@@H]1c1ccc(=O)[nH]c1C. The monoisotopic (exact) mass is 234 g/mol. The summed E-state index contributed by atoms with van der Waals surface area (Å²) < 4.78 is 0. The summed E-state index contributed by atoms with van der Waals surface area (Å²) in [5.41, 5.74) is 2.34. The van der Waals surface area contributed by atoms with Crippen molar-refractivity contribution in [3.63, 3.8) is 0 Å². The van der Waals surface area contributed by atoms with Crippen LogP contribution in [0.3, 0.4) is 0 Å². The second-order valence-electron chi connectivity index (χ2n) is 4.95. The first-order valence-electron chi connectivity index (χ1n) is 6.66. The number of likely N-dealkylation sites (tertiary alicyclic amines) is 1. The Labute approximate surface area is 103 Å². The van der Waals surface area contributed by atoms with E-state index in [-0.39, 0.29) is 5.56 Å². The molecule has 1 N–H and O–H groups in total. The van der Waals surface area contributed by atoms with E-state index in [1.807, 2.05) is 13.0 Å². The maximum Gasteiger partial charge on any atom is 0.248 e. The summed E-state index contributed by atoms with van der Waals surface area (Å²) in [7, 11) is 0. The molecule has 0 saturated carbocycles. The highest BCUT2D eigenvalue weighted by Gasteiger charge is 2.26. The van der Waals surface area contributed by atoms with Crippen LogP contribution in [0.15, 0.2) is 16.9 Å². The molecule has 1 fully saturated rings. The minimum Gasteiger partial charge on any atom is -0.326 e. The van der Waals surface area contributed by atoms with Crippen molar-refractivity contribution >= 4 is 0 Å². The van der Waals surface area contributed by atoms with Crippen LogP contribution in [0.5, 0.6) is 0 Å². The normalized spacial score (nSPS) is 20.9. The smallest absolute Gasteiger partial charge is 0.248 e. The molecule has 1 aliphatic rings. The maximum absolute atomic E-state index is 11.2. The van der Waals surface area contributed by atoms with Crippen LogP contribution in [-0.4, -0.2) is 23.0 Å². The van der Waals surface area contributed by atoms with E-state index >= 15 is 0 Å². The first-order valence-corrected chi connectivity index (χ1v) is 6.66. The molecule has 0 radical (unpaired) electrons. The summed E-state index contributed by atoms with van der Waals surface area (Å²) in [4.78, 5) is 16.7. The Balaban J connectivity index is 2.17. The van der Waals surface area contributed by atoms with Gasteiger partial charge in [0.05, 0.1) is 0 Å². The standard InChI is InChI=1S/C14H22N2O/c1-3-4-9-16-10-5-6-13(16)12-7-8-14(17)15-11(12)2/h7-8,13H,3-6,9-10H2,1-2H3,(H,15,17)/t13-/m1/s1. The molecule has 1 atom stereocenters. The maximum atomic E-state index is 11.2. The van der Waals surface area contributed by atoms with Crippen molar-refractivity contribution in [1.82, 2.24) is 9.88 Å². The van der Waals surface area contributed by atoms with E-state index in [0.29, 0.717) is 6.04 Å². The number of hydrogen-bond donors (Lipinski definition) is 1. The van der Waals surface area contributed by atoms with Gasteiger partial charge in [0, 0.05) is 17.8 Å². The molecule has 1 aromatic heterocycles. The lowest BCUT2D eigenvalue weighted by Gasteiger charge is -2.25. The summed E-state index contributed by atoms with van der Waals surface area (Å²) in [5.74, 6) is 0. The Morgan fingerprint density at radius 3 is 3.00 bits per heavy atom. The molecular formula is C14H22N2O. The van der Waals surface area contributed by atoms with E-state index in [9.17, 15) is 4.79 Å². The van der Waals surface area contributed by atoms with Crippen LogP contribution in [0.2, 0.25) is 0 Å². The summed E-state index contributed by atoms with van der Waals surface area (Å²) in [6, 6.07) is 4.17. The largest absolute Gasteiger partial charge is 0.326 e. The number of pyridine rings is 1. The van der Waals surface area contributed by atoms with Crippen molar-refractivity contribution in [3.05, 3.63) is 33.7 Å². The van der Waals surface area contributed by atoms with Crippen molar-refractivity contribution in [1.29, 1.82) is 0 Å². The Morgan fingerprint density at radius 1 is 1.47 bits per heavy atom. The summed E-state index contributed by atoms with van der Waals surface area (Å²) in [6.07, 6.45) is 5.00. The summed E-state index contributed by atoms with van der Waals surface area (Å²) in [6.45, 7) is 6.62. The van der Waals surface area contributed by atoms with Crippen molar-refractivity contribution in [3.8, 4) is 0 Å². The molecule has 3 nitrogen and oxygen atoms in total. The van der Waals surface area contributed by atoms with Crippen molar-refractivity contribution in [2.45, 2.75) is 45.6 Å². The van der Waals surface area contributed by atoms with Gasteiger partial charge in [0.2, 0.25) is 5.56 Å². The third-order valence-electron chi connectivity index (χ3n) is 3.68. The van der Waals surface area contributed by atoms with Gasteiger partial charge in [0.25, 0.3) is 0 Å². The Hall–Kier alpha value is -1.09. The van der Waals surface area contributed by atoms with Crippen molar-refractivity contribution in [2.24, 2.45) is 0 Å². The zero-order chi connectivity index (χ0) is 12.3. The predicted molar refractivity (Wildman–Crippen MR) is 70.3 cm³/mol. The second kappa shape index (κ2) is 5.50. The molecule has 1 saturated heterocycles. The van der Waals surface area contributed by atoms with Gasteiger partial charge >= 0.3 is 0 Å². The predicted octanol–water partition coefficient (Wildman–Crippen LogP) is 2.62. The Morgan fingerprint density at radius 2 is 2.29 bits per heavy atom. The Kier molecular flexibility index (Phi) is 4.00. The van der Waals surface area contributed by atoms with Crippen LogP contribution in [0.1, 0.15) is 49.9 Å². The first kappa shape index (κ1) is 12.4. The zero-order valence-electron chi connectivity index (χ0n) is 10.8. The molecule has 0 aliphatic carbocycles. The highest BCUT2D eigenvalue weighted by atomic mass is 16.1. The zero-order valence-corrected chi connectivity index (χ0v) is 10.8. The average molecular weight is 234 g/mol. The van der Waals surface area contributed by atoms with Gasteiger partial charge < -0.3 is 4.98 Å². The molecule has 1 aromatic rings. The third-order valence-corrected chi connectivity index (χ3v) is 3.68. The molecule has 0 unspecified atom stereocenters. The first-order chi connectivity index (χ1) is 8.22. The van der Waals surface area contributed by atoms with Crippen molar-refractivity contribution in [2.75, 3.05) is 13.1 Å². The quantitative estimate of drug-likeness (QED) is 0.869. The number of H-pyrrole nitrogens is 1. The van der Waals surface area contributed by atoms with Gasteiger partial charge in [-0.1, -0.05) is 19.4 Å². The molecule has 2 rings (SSSR count). The van der Waals surface area contributed by atoms with Crippen LogP contribution in [0, 0.1) is 6.92 Å². The van der Waals surface area contributed by atoms with Crippen LogP contribution >= 0.6 is 0 Å². The number of hydrogen-bond acceptors (Lipinski definition) is 2. The fourth-order valence-electron chi connectivity index (χ4n) is 2.76. The van der Waals surface area contributed by atoms with Gasteiger partial charge in [0.1, 0.15) is 0 Å². The molecule has 2 heterocycles. The van der Waals surface area contributed by atoms with Crippen LogP contribution < -0.4 is 5.56 Å². The Bertz CT molecular complexity index is 424. The van der Waals surface area contributed by atoms with E-state index in [0.717, 1.165) is 5.69 Å². The van der Waals surface area contributed by atoms with Crippen LogP contribution in [0.4, 0.5) is 0 Å². The number of aromatic nitrogens is 1. The van der Waals surface area contributed by atoms with Gasteiger partial charge in [-0.2, -0.15) is 0 Å². The van der Waals surface area contributed by atoms with Gasteiger partial charge in [-0.25, -0.2) is 0 Å². The lowest BCUT2D eigenvalue weighted by atomic mass is 10.0. The second-order valence-corrected chi connectivity index (χ2v) is 4.95. The van der Waals surface area contributed by atoms with Crippen molar-refractivity contribution < 1.29 is 0 Å². The fraction of sp³-hybridized carbons (Fsp3) is 0.643. The number of rotatable bonds is 4. The minimum absolute atomic E-state index is 0.00403. The number of aromatic amines is 1. The highest BCUT2D eigenvalue weighted by Crippen LogP contribution is 2.32. The molecule has 1 aliphatic heterocycles. The number of aryl methyl sites for hydroxylation is 1. The molecule has 0 spiro atoms. The molecule has 94 valence electrons. The molecular weight excluding hydrogens is 212 g/mol. The average Bonchev–Trinajstić information content (AvgIpc) is 2.74. The molecule has 0 amide bonds. The molecule has 3 heteroatoms. The van der Waals surface area contributed by atoms with E-state index in [1.54, 1.807) is 6.07 Å². The third kappa shape index (κ3) is 2.78. The number of unbranched alkanes of at least 4 members (excludes halogenated alkanes) is 1. The van der Waals surface area contributed by atoms with E-state index < -0.39 is 0 Å². The molecule has 0 aromatic carbocycles. The van der Waals surface area contributed by atoms with Gasteiger partial charge in [-0.05, 0) is 44.8 Å². The van der Waals surface area contributed by atoms with Crippen LogP contribution in [-0.2, 0) is 0 Å². The highest BCUT2D eigenvalue weighted by molar-refractivity contribution is 5.23. The molecule has 0 bridgehead atoms. The van der Waals surface area contributed by atoms with Gasteiger partial charge in [0.15, 0.2) is 0 Å². The minimum atomic E-state index is 0.00403. The van der Waals surface area contributed by atoms with Gasteiger partial charge in [-0.15, -0.1) is 0 Å².